The Morgan fingerprint density at radius 2 is 1.93 bits per heavy atom. The van der Waals surface area contributed by atoms with Gasteiger partial charge in [-0.25, -0.2) is 9.97 Å². The van der Waals surface area contributed by atoms with Gasteiger partial charge in [-0.2, -0.15) is 0 Å². The molecule has 5 nitrogen and oxygen atoms in total. The number of aromatic nitrogens is 2. The molecule has 1 heterocycles. The van der Waals surface area contributed by atoms with E-state index in [0.717, 1.165) is 37.0 Å². The van der Waals surface area contributed by atoms with Crippen molar-refractivity contribution in [2.24, 2.45) is 5.73 Å². The summed E-state index contributed by atoms with van der Waals surface area (Å²) in [7, 11) is 0. The lowest BCUT2D eigenvalue weighted by Gasteiger charge is -2.08. The number of rotatable bonds is 6. The highest BCUT2D eigenvalue weighted by Gasteiger charge is 1.99. The van der Waals surface area contributed by atoms with Crippen LogP contribution in [0, 0.1) is 6.92 Å². The number of hydrogen-bond donors (Lipinski definition) is 3. The Balaban J connectivity index is 2.62. The molecule has 0 aliphatic heterocycles. The third-order valence-electron chi connectivity index (χ3n) is 1.88. The lowest BCUT2D eigenvalue weighted by atomic mass is 10.4. The molecule has 84 valence electrons. The Bertz CT molecular complexity index is 300. The average molecular weight is 209 g/mol. The quantitative estimate of drug-likeness (QED) is 0.609. The van der Waals surface area contributed by atoms with Crippen LogP contribution in [-0.4, -0.2) is 29.6 Å². The maximum atomic E-state index is 5.42. The maximum Gasteiger partial charge on any atom is 0.131 e. The molecule has 15 heavy (non-hydrogen) atoms. The van der Waals surface area contributed by atoms with E-state index < -0.39 is 0 Å². The summed E-state index contributed by atoms with van der Waals surface area (Å²) in [6, 6.07) is 1.91. The van der Waals surface area contributed by atoms with Gasteiger partial charge in [0.1, 0.15) is 17.5 Å². The van der Waals surface area contributed by atoms with Crippen LogP contribution in [0.3, 0.4) is 0 Å². The van der Waals surface area contributed by atoms with Gasteiger partial charge in [0.05, 0.1) is 0 Å². The first-order valence-electron chi connectivity index (χ1n) is 5.29. The molecule has 0 saturated heterocycles. The summed E-state index contributed by atoms with van der Waals surface area (Å²) < 4.78 is 0. The first kappa shape index (κ1) is 11.7. The van der Waals surface area contributed by atoms with Gasteiger partial charge in [0.2, 0.25) is 0 Å². The summed E-state index contributed by atoms with van der Waals surface area (Å²) in [4.78, 5) is 8.55. The van der Waals surface area contributed by atoms with Crippen molar-refractivity contribution in [3.63, 3.8) is 0 Å². The number of anilines is 2. The minimum atomic E-state index is 0.692. The average Bonchev–Trinajstić information content (AvgIpc) is 2.18. The van der Waals surface area contributed by atoms with Crippen molar-refractivity contribution in [1.29, 1.82) is 0 Å². The SMILES string of the molecule is CCNc1cc(NCCCN)nc(C)n1. The fourth-order valence-corrected chi connectivity index (χ4v) is 1.25. The molecule has 0 aliphatic rings. The molecule has 0 radical (unpaired) electrons. The standard InChI is InChI=1S/C10H19N5/c1-3-12-9-7-10(13-6-4-5-11)15-8(2)14-9/h7H,3-6,11H2,1-2H3,(H2,12,13,14,15). The summed E-state index contributed by atoms with van der Waals surface area (Å²) in [5, 5.41) is 6.38. The fourth-order valence-electron chi connectivity index (χ4n) is 1.25. The lowest BCUT2D eigenvalue weighted by molar-refractivity contribution is 0.867. The maximum absolute atomic E-state index is 5.42. The summed E-state index contributed by atoms with van der Waals surface area (Å²) in [6.07, 6.45) is 0.944. The van der Waals surface area contributed by atoms with Crippen LogP contribution in [0.25, 0.3) is 0 Å². The van der Waals surface area contributed by atoms with Crippen molar-refractivity contribution in [2.45, 2.75) is 20.3 Å². The van der Waals surface area contributed by atoms with Gasteiger partial charge < -0.3 is 16.4 Å². The smallest absolute Gasteiger partial charge is 0.131 e. The zero-order chi connectivity index (χ0) is 11.1. The van der Waals surface area contributed by atoms with Gasteiger partial charge in [0, 0.05) is 19.2 Å². The second-order valence-corrected chi connectivity index (χ2v) is 3.28. The number of nitrogens with two attached hydrogens (primary N) is 1. The summed E-state index contributed by atoms with van der Waals surface area (Å²) >= 11 is 0. The molecule has 1 rings (SSSR count). The topological polar surface area (TPSA) is 75.9 Å². The lowest BCUT2D eigenvalue weighted by Crippen LogP contribution is -2.11. The number of nitrogens with one attached hydrogen (secondary N) is 2. The van der Waals surface area contributed by atoms with E-state index in [1.54, 1.807) is 0 Å². The van der Waals surface area contributed by atoms with Crippen LogP contribution >= 0.6 is 0 Å². The molecule has 4 N–H and O–H groups in total. The Labute approximate surface area is 90.5 Å². The van der Waals surface area contributed by atoms with Gasteiger partial charge in [-0.15, -0.1) is 0 Å². The first-order valence-corrected chi connectivity index (χ1v) is 5.29. The molecule has 0 aliphatic carbocycles. The van der Waals surface area contributed by atoms with Crippen molar-refractivity contribution in [1.82, 2.24) is 9.97 Å². The molecule has 1 aromatic heterocycles. The predicted molar refractivity (Wildman–Crippen MR) is 63.1 cm³/mol. The minimum Gasteiger partial charge on any atom is -0.370 e. The highest BCUT2D eigenvalue weighted by Crippen LogP contribution is 2.10. The molecule has 0 amide bonds. The van der Waals surface area contributed by atoms with Crippen molar-refractivity contribution in [2.75, 3.05) is 30.3 Å². The molecule has 0 fully saturated rings. The summed E-state index contributed by atoms with van der Waals surface area (Å²) in [6.45, 7) is 6.32. The highest BCUT2D eigenvalue weighted by atomic mass is 15.1. The van der Waals surface area contributed by atoms with E-state index in [0.29, 0.717) is 6.54 Å². The number of aryl methyl sites for hydroxylation is 1. The Morgan fingerprint density at radius 3 is 2.53 bits per heavy atom. The van der Waals surface area contributed by atoms with E-state index in [1.165, 1.54) is 0 Å². The van der Waals surface area contributed by atoms with Gasteiger partial charge >= 0.3 is 0 Å². The van der Waals surface area contributed by atoms with E-state index in [9.17, 15) is 0 Å². The van der Waals surface area contributed by atoms with Gasteiger partial charge in [-0.3, -0.25) is 0 Å². The fraction of sp³-hybridized carbons (Fsp3) is 0.600. The van der Waals surface area contributed by atoms with E-state index in [4.69, 9.17) is 5.73 Å². The van der Waals surface area contributed by atoms with Gasteiger partial charge in [0.25, 0.3) is 0 Å². The van der Waals surface area contributed by atoms with Crippen LogP contribution in [0.2, 0.25) is 0 Å². The van der Waals surface area contributed by atoms with E-state index >= 15 is 0 Å². The zero-order valence-corrected chi connectivity index (χ0v) is 9.38. The number of nitrogens with zero attached hydrogens (tertiary/aromatic N) is 2. The third-order valence-corrected chi connectivity index (χ3v) is 1.88. The predicted octanol–water partition coefficient (Wildman–Crippen LogP) is 0.978. The van der Waals surface area contributed by atoms with Crippen LogP contribution in [0.5, 0.6) is 0 Å². The normalized spacial score (nSPS) is 10.1. The van der Waals surface area contributed by atoms with Gasteiger partial charge in [0.15, 0.2) is 0 Å². The second-order valence-electron chi connectivity index (χ2n) is 3.28. The minimum absolute atomic E-state index is 0.692. The van der Waals surface area contributed by atoms with Crippen LogP contribution in [0.4, 0.5) is 11.6 Å². The Hall–Kier alpha value is -1.36. The monoisotopic (exact) mass is 209 g/mol. The highest BCUT2D eigenvalue weighted by molar-refractivity contribution is 5.47. The second kappa shape index (κ2) is 6.19. The largest absolute Gasteiger partial charge is 0.370 e. The molecule has 5 heteroatoms. The van der Waals surface area contributed by atoms with E-state index in [1.807, 2.05) is 19.9 Å². The zero-order valence-electron chi connectivity index (χ0n) is 9.38. The summed E-state index contributed by atoms with van der Waals surface area (Å²) in [5.74, 6) is 2.48. The molecular formula is C10H19N5. The third kappa shape index (κ3) is 4.12. The van der Waals surface area contributed by atoms with Crippen LogP contribution < -0.4 is 16.4 Å². The van der Waals surface area contributed by atoms with Gasteiger partial charge in [-0.1, -0.05) is 0 Å². The molecule has 0 bridgehead atoms. The van der Waals surface area contributed by atoms with Crippen LogP contribution in [0.1, 0.15) is 19.2 Å². The van der Waals surface area contributed by atoms with Crippen molar-refractivity contribution in [3.05, 3.63) is 11.9 Å². The van der Waals surface area contributed by atoms with E-state index in [2.05, 4.69) is 20.6 Å². The van der Waals surface area contributed by atoms with E-state index in [-0.39, 0.29) is 0 Å². The molecular weight excluding hydrogens is 190 g/mol. The van der Waals surface area contributed by atoms with Crippen LogP contribution in [0.15, 0.2) is 6.07 Å². The van der Waals surface area contributed by atoms with Crippen molar-refractivity contribution in [3.8, 4) is 0 Å². The molecule has 0 saturated carbocycles. The van der Waals surface area contributed by atoms with Crippen molar-refractivity contribution < 1.29 is 0 Å². The molecule has 1 aromatic rings. The molecule has 0 spiro atoms. The van der Waals surface area contributed by atoms with Crippen LogP contribution in [-0.2, 0) is 0 Å². The molecule has 0 aromatic carbocycles. The molecule has 0 atom stereocenters. The van der Waals surface area contributed by atoms with Crippen molar-refractivity contribution >= 4 is 11.6 Å². The number of hydrogen-bond acceptors (Lipinski definition) is 5. The van der Waals surface area contributed by atoms with Gasteiger partial charge in [-0.05, 0) is 26.8 Å². The summed E-state index contributed by atoms with van der Waals surface area (Å²) in [5.41, 5.74) is 5.42. The Kier molecular flexibility index (Phi) is 4.83. The Morgan fingerprint density at radius 1 is 1.27 bits per heavy atom. The first-order chi connectivity index (χ1) is 7.26. The molecule has 0 unspecified atom stereocenters.